The average Bonchev–Trinajstić information content (AvgIpc) is 2.46. The molecule has 0 unspecified atom stereocenters. The van der Waals surface area contributed by atoms with Gasteiger partial charge in [0.1, 0.15) is 5.56 Å². The third-order valence-electron chi connectivity index (χ3n) is 3.76. The van der Waals surface area contributed by atoms with Gasteiger partial charge in [-0.05, 0) is 18.2 Å². The average molecular weight is 288 g/mol. The summed E-state index contributed by atoms with van der Waals surface area (Å²) < 4.78 is 0. The minimum Gasteiger partial charge on any atom is -0.504 e. The molecule has 0 radical (unpaired) electrons. The standard InChI is InChI=1S/C17H20O4/c1-2-3-4-5-10-13-11-8-6-7-9-12(11)14(17(20)21)16(19)15(13)18/h6-9,18-19H,2-5,10H2,1H3,(H,20,21). The number of aromatic carboxylic acids is 1. The van der Waals surface area contributed by atoms with Crippen LogP contribution < -0.4 is 0 Å². The predicted molar refractivity (Wildman–Crippen MR) is 82.1 cm³/mol. The van der Waals surface area contributed by atoms with Crippen LogP contribution in [0.1, 0.15) is 48.5 Å². The fourth-order valence-corrected chi connectivity index (χ4v) is 2.68. The molecule has 4 nitrogen and oxygen atoms in total. The fraction of sp³-hybridized carbons (Fsp3) is 0.353. The van der Waals surface area contributed by atoms with Crippen molar-refractivity contribution >= 4 is 16.7 Å². The lowest BCUT2D eigenvalue weighted by Crippen LogP contribution is -2.01. The van der Waals surface area contributed by atoms with Crippen molar-refractivity contribution < 1.29 is 20.1 Å². The first-order valence-electron chi connectivity index (χ1n) is 7.26. The highest BCUT2D eigenvalue weighted by Crippen LogP contribution is 2.40. The maximum Gasteiger partial charge on any atom is 0.340 e. The van der Waals surface area contributed by atoms with Gasteiger partial charge in [0.05, 0.1) is 0 Å². The highest BCUT2D eigenvalue weighted by molar-refractivity contribution is 6.08. The number of carboxylic acid groups (broad SMARTS) is 1. The molecule has 0 aliphatic rings. The zero-order valence-corrected chi connectivity index (χ0v) is 12.1. The number of carboxylic acids is 1. The molecule has 112 valence electrons. The van der Waals surface area contributed by atoms with Gasteiger partial charge in [-0.15, -0.1) is 0 Å². The number of hydrogen-bond donors (Lipinski definition) is 3. The van der Waals surface area contributed by atoms with E-state index in [1.807, 2.05) is 0 Å². The molecule has 2 rings (SSSR count). The predicted octanol–water partition coefficient (Wildman–Crippen LogP) is 4.07. The number of hydrogen-bond acceptors (Lipinski definition) is 3. The first kappa shape index (κ1) is 15.2. The quantitative estimate of drug-likeness (QED) is 0.553. The number of unbranched alkanes of at least 4 members (excludes halogenated alkanes) is 3. The van der Waals surface area contributed by atoms with E-state index < -0.39 is 11.7 Å². The van der Waals surface area contributed by atoms with E-state index in [2.05, 4.69) is 6.92 Å². The Balaban J connectivity index is 2.53. The summed E-state index contributed by atoms with van der Waals surface area (Å²) in [5, 5.41) is 30.6. The molecule has 0 heterocycles. The van der Waals surface area contributed by atoms with Crippen molar-refractivity contribution in [3.63, 3.8) is 0 Å². The summed E-state index contributed by atoms with van der Waals surface area (Å²) in [4.78, 5) is 11.3. The second kappa shape index (κ2) is 6.48. The monoisotopic (exact) mass is 288 g/mol. The Labute approximate surface area is 123 Å². The van der Waals surface area contributed by atoms with Gasteiger partial charge in [-0.25, -0.2) is 4.79 Å². The molecule has 0 saturated carbocycles. The Morgan fingerprint density at radius 2 is 1.67 bits per heavy atom. The molecule has 2 aromatic carbocycles. The SMILES string of the molecule is CCCCCCc1c(O)c(O)c(C(=O)O)c2ccccc12. The summed E-state index contributed by atoms with van der Waals surface area (Å²) in [7, 11) is 0. The van der Waals surface area contributed by atoms with Crippen LogP contribution in [0.25, 0.3) is 10.8 Å². The van der Waals surface area contributed by atoms with Gasteiger partial charge in [0, 0.05) is 10.9 Å². The molecule has 0 atom stereocenters. The highest BCUT2D eigenvalue weighted by Gasteiger charge is 2.22. The van der Waals surface area contributed by atoms with Crippen molar-refractivity contribution in [1.29, 1.82) is 0 Å². The highest BCUT2D eigenvalue weighted by atomic mass is 16.4. The van der Waals surface area contributed by atoms with E-state index in [-0.39, 0.29) is 11.3 Å². The zero-order valence-electron chi connectivity index (χ0n) is 12.1. The Morgan fingerprint density at radius 3 is 2.29 bits per heavy atom. The molecule has 0 aromatic heterocycles. The Kier molecular flexibility index (Phi) is 4.68. The van der Waals surface area contributed by atoms with Crippen molar-refractivity contribution in [2.24, 2.45) is 0 Å². The first-order valence-corrected chi connectivity index (χ1v) is 7.26. The topological polar surface area (TPSA) is 77.8 Å². The van der Waals surface area contributed by atoms with Gasteiger partial charge in [0.2, 0.25) is 0 Å². The van der Waals surface area contributed by atoms with Gasteiger partial charge >= 0.3 is 5.97 Å². The van der Waals surface area contributed by atoms with Crippen LogP contribution in [0.3, 0.4) is 0 Å². The van der Waals surface area contributed by atoms with E-state index in [9.17, 15) is 20.1 Å². The van der Waals surface area contributed by atoms with E-state index in [0.29, 0.717) is 22.8 Å². The molecular weight excluding hydrogens is 268 g/mol. The van der Waals surface area contributed by atoms with E-state index in [0.717, 1.165) is 25.7 Å². The largest absolute Gasteiger partial charge is 0.504 e. The van der Waals surface area contributed by atoms with Crippen LogP contribution >= 0.6 is 0 Å². The normalized spacial score (nSPS) is 10.9. The third kappa shape index (κ3) is 2.94. The van der Waals surface area contributed by atoms with Crippen molar-refractivity contribution in [3.05, 3.63) is 35.4 Å². The number of aromatic hydroxyl groups is 2. The fourth-order valence-electron chi connectivity index (χ4n) is 2.68. The van der Waals surface area contributed by atoms with Gasteiger partial charge < -0.3 is 15.3 Å². The van der Waals surface area contributed by atoms with E-state index >= 15 is 0 Å². The summed E-state index contributed by atoms with van der Waals surface area (Å²) in [6.07, 6.45) is 4.82. The van der Waals surface area contributed by atoms with Gasteiger partial charge in [-0.3, -0.25) is 0 Å². The molecule has 2 aromatic rings. The van der Waals surface area contributed by atoms with Crippen LogP contribution in [-0.4, -0.2) is 21.3 Å². The third-order valence-corrected chi connectivity index (χ3v) is 3.76. The van der Waals surface area contributed by atoms with Crippen molar-refractivity contribution in [3.8, 4) is 11.5 Å². The van der Waals surface area contributed by atoms with E-state index in [4.69, 9.17) is 0 Å². The molecule has 21 heavy (non-hydrogen) atoms. The molecule has 0 fully saturated rings. The van der Waals surface area contributed by atoms with Crippen molar-refractivity contribution in [1.82, 2.24) is 0 Å². The van der Waals surface area contributed by atoms with Crippen LogP contribution in [0.15, 0.2) is 24.3 Å². The van der Waals surface area contributed by atoms with Crippen molar-refractivity contribution in [2.75, 3.05) is 0 Å². The molecule has 0 bridgehead atoms. The van der Waals surface area contributed by atoms with Crippen LogP contribution in [0.5, 0.6) is 11.5 Å². The first-order chi connectivity index (χ1) is 10.1. The van der Waals surface area contributed by atoms with Crippen molar-refractivity contribution in [2.45, 2.75) is 39.0 Å². The molecular formula is C17H20O4. The Morgan fingerprint density at radius 1 is 1.00 bits per heavy atom. The summed E-state index contributed by atoms with van der Waals surface area (Å²) in [6.45, 7) is 2.13. The minimum absolute atomic E-state index is 0.236. The number of phenols is 2. The minimum atomic E-state index is -1.24. The molecule has 0 spiro atoms. The van der Waals surface area contributed by atoms with E-state index in [1.54, 1.807) is 24.3 Å². The number of phenolic OH excluding ortho intramolecular Hbond substituents is 1. The maximum atomic E-state index is 11.3. The number of rotatable bonds is 6. The van der Waals surface area contributed by atoms with Gasteiger partial charge in [-0.2, -0.15) is 0 Å². The molecule has 3 N–H and O–H groups in total. The number of aryl methyl sites for hydroxylation is 1. The molecule has 0 aliphatic heterocycles. The van der Waals surface area contributed by atoms with Gasteiger partial charge in [0.25, 0.3) is 0 Å². The van der Waals surface area contributed by atoms with Gasteiger partial charge in [0.15, 0.2) is 11.5 Å². The number of benzene rings is 2. The summed E-state index contributed by atoms with van der Waals surface area (Å²) in [5.41, 5.74) is 0.393. The lowest BCUT2D eigenvalue weighted by atomic mass is 9.94. The lowest BCUT2D eigenvalue weighted by molar-refractivity contribution is 0.0695. The van der Waals surface area contributed by atoms with E-state index in [1.165, 1.54) is 0 Å². The molecule has 0 amide bonds. The van der Waals surface area contributed by atoms with Crippen LogP contribution in [0.4, 0.5) is 0 Å². The Hall–Kier alpha value is -2.23. The number of carbonyl (C=O) groups is 1. The summed E-state index contributed by atoms with van der Waals surface area (Å²) in [5.74, 6) is -2.08. The second-order valence-electron chi connectivity index (χ2n) is 5.21. The Bertz CT molecular complexity index is 661. The summed E-state index contributed by atoms with van der Waals surface area (Å²) in [6, 6.07) is 6.98. The van der Waals surface area contributed by atoms with Crippen LogP contribution in [0.2, 0.25) is 0 Å². The maximum absolute atomic E-state index is 11.3. The summed E-state index contributed by atoms with van der Waals surface area (Å²) >= 11 is 0. The van der Waals surface area contributed by atoms with Gasteiger partial charge in [-0.1, -0.05) is 50.5 Å². The zero-order chi connectivity index (χ0) is 15.4. The molecule has 4 heteroatoms. The van der Waals surface area contributed by atoms with Crippen LogP contribution in [0, 0.1) is 0 Å². The second-order valence-corrected chi connectivity index (χ2v) is 5.21. The van der Waals surface area contributed by atoms with Crippen LogP contribution in [-0.2, 0) is 6.42 Å². The smallest absolute Gasteiger partial charge is 0.340 e. The molecule has 0 saturated heterocycles. The number of fused-ring (bicyclic) bond motifs is 1. The molecule has 0 aliphatic carbocycles. The lowest BCUT2D eigenvalue weighted by Gasteiger charge is -2.14.